The van der Waals surface area contributed by atoms with Crippen molar-refractivity contribution in [2.45, 2.75) is 35.8 Å². The molecule has 0 bridgehead atoms. The standard InChI is InChI=1S/C12H4ClF13/c13-6-3-1-5(2-4-6)7(14,15)8(16,17)9(18,19)10(20,21)11(22,23)12(24,25)26/h1-4H. The molecule has 1 aromatic rings. The highest BCUT2D eigenvalue weighted by atomic mass is 35.5. The fourth-order valence-electron chi connectivity index (χ4n) is 1.61. The number of alkyl halides is 13. The smallest absolute Gasteiger partial charge is 0.194 e. The summed E-state index contributed by atoms with van der Waals surface area (Å²) in [4.78, 5) is 0. The van der Waals surface area contributed by atoms with Crippen molar-refractivity contribution in [3.05, 3.63) is 34.9 Å². The molecular formula is C12H4ClF13. The van der Waals surface area contributed by atoms with Crippen LogP contribution in [0.25, 0.3) is 0 Å². The molecule has 14 heteroatoms. The van der Waals surface area contributed by atoms with Gasteiger partial charge in [0.1, 0.15) is 0 Å². The molecule has 0 saturated carbocycles. The second-order valence-corrected chi connectivity index (χ2v) is 5.31. The van der Waals surface area contributed by atoms with Crippen LogP contribution in [0, 0.1) is 0 Å². The van der Waals surface area contributed by atoms with Crippen molar-refractivity contribution in [3.8, 4) is 0 Å². The van der Waals surface area contributed by atoms with E-state index in [2.05, 4.69) is 0 Å². The molecule has 0 atom stereocenters. The molecule has 0 spiro atoms. The Morgan fingerprint density at radius 1 is 0.500 bits per heavy atom. The lowest BCUT2D eigenvalue weighted by Gasteiger charge is -2.39. The lowest BCUT2D eigenvalue weighted by Crippen LogP contribution is -2.69. The highest BCUT2D eigenvalue weighted by molar-refractivity contribution is 6.30. The average Bonchev–Trinajstić information content (AvgIpc) is 2.45. The molecule has 0 amide bonds. The first-order chi connectivity index (χ1) is 11.2. The minimum Gasteiger partial charge on any atom is -0.194 e. The quantitative estimate of drug-likeness (QED) is 0.466. The molecule has 26 heavy (non-hydrogen) atoms. The monoisotopic (exact) mass is 430 g/mol. The van der Waals surface area contributed by atoms with Crippen LogP contribution < -0.4 is 0 Å². The summed E-state index contributed by atoms with van der Waals surface area (Å²) in [6.07, 6.45) is -7.43. The number of halogens is 14. The van der Waals surface area contributed by atoms with Gasteiger partial charge < -0.3 is 0 Å². The molecule has 0 aliphatic rings. The van der Waals surface area contributed by atoms with E-state index in [1.54, 1.807) is 0 Å². The minimum atomic E-state index is -7.91. The van der Waals surface area contributed by atoms with Crippen LogP contribution in [0.2, 0.25) is 5.02 Å². The Hall–Kier alpha value is -1.40. The minimum absolute atomic E-state index is 0.0215. The first-order valence-corrected chi connectivity index (χ1v) is 6.35. The van der Waals surface area contributed by atoms with Gasteiger partial charge in [-0.1, -0.05) is 23.7 Å². The summed E-state index contributed by atoms with van der Waals surface area (Å²) in [6, 6.07) is 0.849. The fourth-order valence-corrected chi connectivity index (χ4v) is 1.74. The van der Waals surface area contributed by atoms with E-state index in [0.717, 1.165) is 0 Å². The predicted octanol–water partition coefficient (Wildman–Crippen LogP) is 6.54. The molecule has 0 heterocycles. The molecule has 0 nitrogen and oxygen atoms in total. The van der Waals surface area contributed by atoms with Gasteiger partial charge in [-0.05, 0) is 12.1 Å². The second-order valence-electron chi connectivity index (χ2n) is 4.88. The first-order valence-electron chi connectivity index (χ1n) is 5.97. The molecule has 0 N–H and O–H groups in total. The summed E-state index contributed by atoms with van der Waals surface area (Å²) in [7, 11) is 0. The van der Waals surface area contributed by atoms with Crippen molar-refractivity contribution in [1.82, 2.24) is 0 Å². The predicted molar refractivity (Wildman–Crippen MR) is 61.2 cm³/mol. The lowest BCUT2D eigenvalue weighted by molar-refractivity contribution is -0.441. The zero-order chi connectivity index (χ0) is 21.0. The van der Waals surface area contributed by atoms with Crippen molar-refractivity contribution in [1.29, 1.82) is 0 Å². The molecule has 0 radical (unpaired) electrons. The van der Waals surface area contributed by atoms with E-state index in [4.69, 9.17) is 11.6 Å². The van der Waals surface area contributed by atoms with Crippen molar-refractivity contribution in [3.63, 3.8) is 0 Å². The molecule has 1 rings (SSSR count). The van der Waals surface area contributed by atoms with E-state index >= 15 is 0 Å². The van der Waals surface area contributed by atoms with Crippen molar-refractivity contribution < 1.29 is 57.1 Å². The molecular weight excluding hydrogens is 427 g/mol. The van der Waals surface area contributed by atoms with E-state index in [0.29, 0.717) is 12.1 Å². The summed E-state index contributed by atoms with van der Waals surface area (Å²) >= 11 is 5.22. The van der Waals surface area contributed by atoms with Gasteiger partial charge in [0.25, 0.3) is 0 Å². The summed E-state index contributed by atoms with van der Waals surface area (Å²) in [5, 5.41) is -0.381. The number of hydrogen-bond donors (Lipinski definition) is 0. The van der Waals surface area contributed by atoms with Gasteiger partial charge in [0.15, 0.2) is 0 Å². The van der Waals surface area contributed by atoms with Gasteiger partial charge in [0.05, 0.1) is 0 Å². The van der Waals surface area contributed by atoms with Crippen LogP contribution in [0.4, 0.5) is 57.1 Å². The molecule has 150 valence electrons. The zero-order valence-electron chi connectivity index (χ0n) is 11.6. The molecule has 0 fully saturated rings. The van der Waals surface area contributed by atoms with E-state index < -0.39 is 41.4 Å². The van der Waals surface area contributed by atoms with Gasteiger partial charge in [-0.3, -0.25) is 0 Å². The Balaban J connectivity index is 3.55. The Morgan fingerprint density at radius 2 is 0.846 bits per heavy atom. The van der Waals surface area contributed by atoms with Gasteiger partial charge >= 0.3 is 35.8 Å². The van der Waals surface area contributed by atoms with Gasteiger partial charge in [-0.2, -0.15) is 57.1 Å². The Bertz CT molecular complexity index is 644. The highest BCUT2D eigenvalue weighted by Crippen LogP contribution is 2.62. The number of benzene rings is 1. The Morgan fingerprint density at radius 3 is 1.19 bits per heavy atom. The molecule has 1 aromatic carbocycles. The van der Waals surface area contributed by atoms with Crippen LogP contribution in [0.1, 0.15) is 5.56 Å². The van der Waals surface area contributed by atoms with E-state index in [1.807, 2.05) is 0 Å². The van der Waals surface area contributed by atoms with Crippen LogP contribution in [-0.2, 0) is 5.92 Å². The molecule has 0 aliphatic heterocycles. The van der Waals surface area contributed by atoms with E-state index in [-0.39, 0.29) is 17.2 Å². The SMILES string of the molecule is FC(F)(F)C(F)(F)C(F)(F)C(F)(F)C(F)(F)C(F)(F)c1ccc(Cl)cc1. The number of rotatable bonds is 5. The fraction of sp³-hybridized carbons (Fsp3) is 0.500. The summed E-state index contributed by atoms with van der Waals surface area (Å²) in [5.74, 6) is -37.0. The van der Waals surface area contributed by atoms with Crippen LogP contribution in [-0.4, -0.2) is 29.9 Å². The topological polar surface area (TPSA) is 0 Å². The molecule has 0 aromatic heterocycles. The second kappa shape index (κ2) is 6.06. The Labute approximate surface area is 140 Å². The van der Waals surface area contributed by atoms with E-state index in [9.17, 15) is 57.1 Å². The maximum atomic E-state index is 13.6. The maximum Gasteiger partial charge on any atom is 0.460 e. The maximum absolute atomic E-state index is 13.6. The summed E-state index contributed by atoms with van der Waals surface area (Å²) in [6.45, 7) is 0. The number of hydrogen-bond acceptors (Lipinski definition) is 0. The third kappa shape index (κ3) is 2.97. The average molecular weight is 431 g/mol. The molecule has 0 saturated heterocycles. The highest BCUT2D eigenvalue weighted by Gasteiger charge is 2.90. The van der Waals surface area contributed by atoms with Gasteiger partial charge in [-0.15, -0.1) is 0 Å². The van der Waals surface area contributed by atoms with Gasteiger partial charge in [0.2, 0.25) is 0 Å². The third-order valence-electron chi connectivity index (χ3n) is 3.14. The van der Waals surface area contributed by atoms with Crippen LogP contribution in [0.15, 0.2) is 24.3 Å². The first kappa shape index (κ1) is 22.6. The summed E-state index contributed by atoms with van der Waals surface area (Å²) in [5.41, 5.74) is -2.07. The van der Waals surface area contributed by atoms with Gasteiger partial charge in [-0.25, -0.2) is 0 Å². The molecule has 0 unspecified atom stereocenters. The Kier molecular flexibility index (Phi) is 5.28. The zero-order valence-corrected chi connectivity index (χ0v) is 12.4. The lowest BCUT2D eigenvalue weighted by atomic mass is 9.90. The summed E-state index contributed by atoms with van der Waals surface area (Å²) < 4.78 is 168. The molecule has 0 aliphatic carbocycles. The third-order valence-corrected chi connectivity index (χ3v) is 3.39. The van der Waals surface area contributed by atoms with Gasteiger partial charge in [0, 0.05) is 10.6 Å². The largest absolute Gasteiger partial charge is 0.460 e. The van der Waals surface area contributed by atoms with Crippen molar-refractivity contribution in [2.75, 3.05) is 0 Å². The van der Waals surface area contributed by atoms with Crippen LogP contribution >= 0.6 is 11.6 Å². The van der Waals surface area contributed by atoms with Crippen LogP contribution in [0.3, 0.4) is 0 Å². The normalized spacial score (nSPS) is 15.3. The van der Waals surface area contributed by atoms with E-state index in [1.165, 1.54) is 0 Å². The van der Waals surface area contributed by atoms with Crippen LogP contribution in [0.5, 0.6) is 0 Å². The van der Waals surface area contributed by atoms with Crippen molar-refractivity contribution >= 4 is 11.6 Å². The van der Waals surface area contributed by atoms with Crippen molar-refractivity contribution in [2.24, 2.45) is 0 Å².